The molecule has 0 fully saturated rings. The molecule has 0 aromatic rings. The number of carbonyl (C=O) groups is 1. The van der Waals surface area contributed by atoms with E-state index < -0.39 is 5.97 Å². The van der Waals surface area contributed by atoms with Crippen molar-refractivity contribution in [3.05, 3.63) is 0 Å². The van der Waals surface area contributed by atoms with E-state index in [9.17, 15) is 9.90 Å². The van der Waals surface area contributed by atoms with Crippen LogP contribution in [-0.4, -0.2) is 18.2 Å². The maximum absolute atomic E-state index is 9.89. The summed E-state index contributed by atoms with van der Waals surface area (Å²) < 4.78 is 5.12. The lowest BCUT2D eigenvalue weighted by Gasteiger charge is -2.19. The number of carboxylic acids is 1. The molecule has 0 saturated carbocycles. The molecule has 3 heteroatoms. The standard InChI is InChI=1S/C7H14O3/c1-7(2,3)10-5-4-6(8)9/h4-5H2,1-3H3,(H,8,9)/p-1. The van der Waals surface area contributed by atoms with Gasteiger partial charge in [-0.2, -0.15) is 0 Å². The maximum Gasteiger partial charge on any atom is 0.0598 e. The van der Waals surface area contributed by atoms with Gasteiger partial charge in [0.25, 0.3) is 0 Å². The zero-order chi connectivity index (χ0) is 8.20. The molecule has 0 amide bonds. The third kappa shape index (κ3) is 7.43. The summed E-state index contributed by atoms with van der Waals surface area (Å²) in [5.41, 5.74) is -0.255. The van der Waals surface area contributed by atoms with Crippen LogP contribution < -0.4 is 5.11 Å². The summed E-state index contributed by atoms with van der Waals surface area (Å²) >= 11 is 0. The Morgan fingerprint density at radius 2 is 2.00 bits per heavy atom. The lowest BCUT2D eigenvalue weighted by molar-refractivity contribution is -0.306. The Kier molecular flexibility index (Phi) is 3.36. The molecule has 0 aliphatic carbocycles. The molecule has 0 heterocycles. The number of carbonyl (C=O) groups excluding carboxylic acids is 1. The summed E-state index contributed by atoms with van der Waals surface area (Å²) in [4.78, 5) is 9.89. The van der Waals surface area contributed by atoms with Gasteiger partial charge in [0.15, 0.2) is 0 Å². The Balaban J connectivity index is 3.29. The van der Waals surface area contributed by atoms with Crippen molar-refractivity contribution < 1.29 is 14.6 Å². The van der Waals surface area contributed by atoms with E-state index in [0.717, 1.165) is 0 Å². The van der Waals surface area contributed by atoms with E-state index in [1.165, 1.54) is 0 Å². The normalized spacial score (nSPS) is 11.5. The molecule has 0 bridgehead atoms. The second-order valence-corrected chi connectivity index (χ2v) is 3.08. The molecule has 0 aromatic carbocycles. The largest absolute Gasteiger partial charge is 0.550 e. The van der Waals surface area contributed by atoms with Crippen LogP contribution in [0.4, 0.5) is 0 Å². The number of rotatable bonds is 3. The van der Waals surface area contributed by atoms with Crippen molar-refractivity contribution in [2.75, 3.05) is 6.61 Å². The minimum Gasteiger partial charge on any atom is -0.550 e. The van der Waals surface area contributed by atoms with E-state index in [2.05, 4.69) is 0 Å². The molecule has 0 saturated heterocycles. The van der Waals surface area contributed by atoms with Gasteiger partial charge in [-0.1, -0.05) is 0 Å². The van der Waals surface area contributed by atoms with Gasteiger partial charge in [0.1, 0.15) is 0 Å². The average Bonchev–Trinajstić information content (AvgIpc) is 1.59. The SMILES string of the molecule is CC(C)(C)OCCC(=O)[O-]. The first kappa shape index (κ1) is 9.43. The fraction of sp³-hybridized carbons (Fsp3) is 0.857. The van der Waals surface area contributed by atoms with Gasteiger partial charge in [-0.25, -0.2) is 0 Å². The molecule has 0 unspecified atom stereocenters. The minimum atomic E-state index is -1.07. The second kappa shape index (κ2) is 3.56. The van der Waals surface area contributed by atoms with Crippen LogP contribution in [-0.2, 0) is 9.53 Å². The third-order valence-corrected chi connectivity index (χ3v) is 0.841. The highest BCUT2D eigenvalue weighted by Gasteiger charge is 2.08. The first-order valence-electron chi connectivity index (χ1n) is 3.25. The van der Waals surface area contributed by atoms with Crippen LogP contribution in [0.1, 0.15) is 27.2 Å². The topological polar surface area (TPSA) is 49.4 Å². The third-order valence-electron chi connectivity index (χ3n) is 0.841. The van der Waals surface area contributed by atoms with Crippen molar-refractivity contribution in [1.29, 1.82) is 0 Å². The van der Waals surface area contributed by atoms with Gasteiger partial charge in [0, 0.05) is 12.4 Å². The molecule has 0 N–H and O–H groups in total. The van der Waals surface area contributed by atoms with Gasteiger partial charge in [0.05, 0.1) is 12.2 Å². The molecule has 60 valence electrons. The molecule has 10 heavy (non-hydrogen) atoms. The highest BCUT2D eigenvalue weighted by Crippen LogP contribution is 2.06. The van der Waals surface area contributed by atoms with Crippen molar-refractivity contribution >= 4 is 5.97 Å². The maximum atomic E-state index is 9.89. The van der Waals surface area contributed by atoms with Crippen LogP contribution in [0, 0.1) is 0 Å². The van der Waals surface area contributed by atoms with E-state index >= 15 is 0 Å². The Bertz CT molecular complexity index is 113. The average molecular weight is 145 g/mol. The van der Waals surface area contributed by atoms with Crippen molar-refractivity contribution in [2.45, 2.75) is 32.8 Å². The highest BCUT2D eigenvalue weighted by atomic mass is 16.5. The zero-order valence-corrected chi connectivity index (χ0v) is 6.64. The summed E-state index contributed by atoms with van der Waals surface area (Å²) in [7, 11) is 0. The predicted octanol–water partition coefficient (Wildman–Crippen LogP) is -0.0585. The predicted molar refractivity (Wildman–Crippen MR) is 35.3 cm³/mol. The van der Waals surface area contributed by atoms with Crippen molar-refractivity contribution in [3.63, 3.8) is 0 Å². The number of aliphatic carboxylic acids is 1. The molecular formula is C7H13O3-. The first-order chi connectivity index (χ1) is 4.42. The van der Waals surface area contributed by atoms with Gasteiger partial charge >= 0.3 is 0 Å². The molecule has 0 spiro atoms. The molecule has 0 aromatic heterocycles. The fourth-order valence-electron chi connectivity index (χ4n) is 0.441. The lowest BCUT2D eigenvalue weighted by Crippen LogP contribution is -2.27. The van der Waals surface area contributed by atoms with Gasteiger partial charge < -0.3 is 14.6 Å². The summed E-state index contributed by atoms with van der Waals surface area (Å²) in [6, 6.07) is 0. The number of carboxylic acid groups (broad SMARTS) is 1. The molecule has 0 radical (unpaired) electrons. The molecule has 3 nitrogen and oxygen atoms in total. The Morgan fingerprint density at radius 3 is 2.30 bits per heavy atom. The first-order valence-corrected chi connectivity index (χ1v) is 3.25. The van der Waals surface area contributed by atoms with Crippen LogP contribution in [0.15, 0.2) is 0 Å². The number of hydrogen-bond acceptors (Lipinski definition) is 3. The molecule has 0 aliphatic heterocycles. The number of ether oxygens (including phenoxy) is 1. The summed E-state index contributed by atoms with van der Waals surface area (Å²) in [6.45, 7) is 5.86. The summed E-state index contributed by atoms with van der Waals surface area (Å²) in [5.74, 6) is -1.07. The van der Waals surface area contributed by atoms with Gasteiger partial charge in [0.2, 0.25) is 0 Å². The highest BCUT2D eigenvalue weighted by molar-refractivity contribution is 5.64. The van der Waals surface area contributed by atoms with E-state index in [4.69, 9.17) is 4.74 Å². The second-order valence-electron chi connectivity index (χ2n) is 3.08. The quantitative estimate of drug-likeness (QED) is 0.559. The van der Waals surface area contributed by atoms with Crippen LogP contribution in [0.3, 0.4) is 0 Å². The van der Waals surface area contributed by atoms with Crippen molar-refractivity contribution in [1.82, 2.24) is 0 Å². The molecule has 0 atom stereocenters. The van der Waals surface area contributed by atoms with Gasteiger partial charge in [-0.15, -0.1) is 0 Å². The fourth-order valence-corrected chi connectivity index (χ4v) is 0.441. The van der Waals surface area contributed by atoms with E-state index in [1.807, 2.05) is 20.8 Å². The molecular weight excluding hydrogens is 132 g/mol. The molecule has 0 rings (SSSR count). The van der Waals surface area contributed by atoms with E-state index in [1.54, 1.807) is 0 Å². The Labute approximate surface area is 61.0 Å². The number of hydrogen-bond donors (Lipinski definition) is 0. The van der Waals surface area contributed by atoms with Gasteiger partial charge in [-0.05, 0) is 20.8 Å². The lowest BCUT2D eigenvalue weighted by atomic mass is 10.2. The smallest absolute Gasteiger partial charge is 0.0598 e. The van der Waals surface area contributed by atoms with Gasteiger partial charge in [-0.3, -0.25) is 0 Å². The van der Waals surface area contributed by atoms with Crippen molar-refractivity contribution in [3.8, 4) is 0 Å². The van der Waals surface area contributed by atoms with Crippen LogP contribution in [0.2, 0.25) is 0 Å². The van der Waals surface area contributed by atoms with Crippen LogP contribution >= 0.6 is 0 Å². The zero-order valence-electron chi connectivity index (χ0n) is 6.64. The minimum absolute atomic E-state index is 0.0305. The monoisotopic (exact) mass is 145 g/mol. The summed E-state index contributed by atoms with van der Waals surface area (Å²) in [6.07, 6.45) is -0.0305. The van der Waals surface area contributed by atoms with Crippen molar-refractivity contribution in [2.24, 2.45) is 0 Å². The van der Waals surface area contributed by atoms with Crippen LogP contribution in [0.5, 0.6) is 0 Å². The Hall–Kier alpha value is -0.570. The Morgan fingerprint density at radius 1 is 1.50 bits per heavy atom. The van der Waals surface area contributed by atoms with Crippen LogP contribution in [0.25, 0.3) is 0 Å². The van der Waals surface area contributed by atoms with E-state index in [0.29, 0.717) is 0 Å². The summed E-state index contributed by atoms with van der Waals surface area (Å²) in [5, 5.41) is 9.89. The van der Waals surface area contributed by atoms with E-state index in [-0.39, 0.29) is 18.6 Å². The molecule has 0 aliphatic rings.